The monoisotopic (exact) mass is 261 g/mol. The van der Waals surface area contributed by atoms with E-state index in [1.54, 1.807) is 0 Å². The molecule has 0 bridgehead atoms. The van der Waals surface area contributed by atoms with Crippen molar-refractivity contribution < 1.29 is 4.79 Å². The number of aryl methyl sites for hydroxylation is 1. The van der Waals surface area contributed by atoms with Gasteiger partial charge in [-0.1, -0.05) is 51.5 Å². The molecule has 0 aliphatic carbocycles. The third kappa shape index (κ3) is 4.79. The lowest BCUT2D eigenvalue weighted by molar-refractivity contribution is 0.0915. The van der Waals surface area contributed by atoms with Gasteiger partial charge < -0.3 is 0 Å². The molecule has 19 heavy (non-hydrogen) atoms. The molecule has 0 atom stereocenters. The fourth-order valence-corrected chi connectivity index (χ4v) is 2.50. The van der Waals surface area contributed by atoms with Crippen LogP contribution >= 0.6 is 0 Å². The van der Waals surface area contributed by atoms with Gasteiger partial charge in [0, 0.05) is 11.6 Å². The quantitative estimate of drug-likeness (QED) is 0.661. The second kappa shape index (κ2) is 8.11. The predicted molar refractivity (Wildman–Crippen MR) is 81.8 cm³/mol. The number of hydrogen-bond donors (Lipinski definition) is 0. The highest BCUT2D eigenvalue weighted by atomic mass is 16.1. The Kier molecular flexibility index (Phi) is 6.79. The normalized spacial score (nSPS) is 11.3. The fourth-order valence-electron chi connectivity index (χ4n) is 2.50. The molecule has 2 heteroatoms. The minimum Gasteiger partial charge on any atom is -0.296 e. The highest BCUT2D eigenvalue weighted by molar-refractivity contribution is 5.97. The number of carbonyl (C=O) groups is 1. The van der Waals surface area contributed by atoms with E-state index in [9.17, 15) is 4.79 Å². The molecule has 0 aliphatic heterocycles. The van der Waals surface area contributed by atoms with Crippen molar-refractivity contribution in [2.75, 3.05) is 13.6 Å². The van der Waals surface area contributed by atoms with E-state index in [0.717, 1.165) is 31.2 Å². The van der Waals surface area contributed by atoms with E-state index in [-0.39, 0.29) is 5.78 Å². The predicted octanol–water partition coefficient (Wildman–Crippen LogP) is 3.94. The third-order valence-electron chi connectivity index (χ3n) is 3.77. The number of Topliss-reactive ketones (excluding diaryl/α,β-unsaturated/α-hetero) is 1. The molecule has 0 unspecified atom stereocenters. The third-order valence-corrected chi connectivity index (χ3v) is 3.77. The first-order valence-corrected chi connectivity index (χ1v) is 7.44. The Morgan fingerprint density at radius 3 is 2.16 bits per heavy atom. The van der Waals surface area contributed by atoms with Crippen molar-refractivity contribution in [1.29, 1.82) is 0 Å². The topological polar surface area (TPSA) is 20.3 Å². The molecule has 1 rings (SSSR count). The second-order valence-electron chi connectivity index (χ2n) is 5.26. The van der Waals surface area contributed by atoms with Crippen LogP contribution in [0.25, 0.3) is 0 Å². The van der Waals surface area contributed by atoms with Crippen molar-refractivity contribution in [2.24, 2.45) is 0 Å². The van der Waals surface area contributed by atoms with Crippen molar-refractivity contribution >= 4 is 5.78 Å². The first-order chi connectivity index (χ1) is 9.12. The fraction of sp³-hybridized carbons (Fsp3) is 0.588. The van der Waals surface area contributed by atoms with Gasteiger partial charge in [0.05, 0.1) is 6.54 Å². The molecule has 0 fully saturated rings. The maximum atomic E-state index is 12.2. The van der Waals surface area contributed by atoms with Crippen molar-refractivity contribution in [3.8, 4) is 0 Å². The summed E-state index contributed by atoms with van der Waals surface area (Å²) < 4.78 is 0. The van der Waals surface area contributed by atoms with Crippen LogP contribution in [0.1, 0.15) is 56.0 Å². The Morgan fingerprint density at radius 2 is 1.68 bits per heavy atom. The molecule has 0 heterocycles. The minimum atomic E-state index is 0.220. The van der Waals surface area contributed by atoms with Crippen molar-refractivity contribution in [3.05, 3.63) is 35.4 Å². The van der Waals surface area contributed by atoms with E-state index in [1.165, 1.54) is 5.56 Å². The lowest BCUT2D eigenvalue weighted by atomic mass is 10.0. The van der Waals surface area contributed by atoms with Crippen LogP contribution in [0.2, 0.25) is 0 Å². The van der Waals surface area contributed by atoms with Crippen LogP contribution in [0, 0.1) is 0 Å². The smallest absolute Gasteiger partial charge is 0.176 e. The van der Waals surface area contributed by atoms with Gasteiger partial charge in [-0.3, -0.25) is 9.69 Å². The van der Waals surface area contributed by atoms with Gasteiger partial charge in [-0.15, -0.1) is 0 Å². The molecular weight excluding hydrogens is 234 g/mol. The molecule has 0 amide bonds. The van der Waals surface area contributed by atoms with Crippen molar-refractivity contribution in [1.82, 2.24) is 4.90 Å². The molecule has 0 saturated heterocycles. The number of carbonyl (C=O) groups excluding carboxylic acids is 1. The van der Waals surface area contributed by atoms with Gasteiger partial charge in [0.15, 0.2) is 5.78 Å². The summed E-state index contributed by atoms with van der Waals surface area (Å²) in [6.07, 6.45) is 4.41. The summed E-state index contributed by atoms with van der Waals surface area (Å²) in [6.45, 7) is 7.03. The van der Waals surface area contributed by atoms with Gasteiger partial charge in [-0.25, -0.2) is 0 Å². The van der Waals surface area contributed by atoms with E-state index in [0.29, 0.717) is 12.6 Å². The number of ketones is 1. The lowest BCUT2D eigenvalue weighted by Crippen LogP contribution is -2.35. The van der Waals surface area contributed by atoms with Crippen LogP contribution in [0.15, 0.2) is 24.3 Å². The average Bonchev–Trinajstić information content (AvgIpc) is 2.41. The summed E-state index contributed by atoms with van der Waals surface area (Å²) in [6, 6.07) is 8.59. The van der Waals surface area contributed by atoms with Gasteiger partial charge in [0.25, 0.3) is 0 Å². The van der Waals surface area contributed by atoms with Crippen molar-refractivity contribution in [2.45, 2.75) is 52.5 Å². The van der Waals surface area contributed by atoms with Crippen LogP contribution < -0.4 is 0 Å². The molecule has 0 aromatic heterocycles. The van der Waals surface area contributed by atoms with Gasteiger partial charge in [-0.05, 0) is 31.9 Å². The zero-order valence-electron chi connectivity index (χ0n) is 12.8. The number of benzene rings is 1. The van der Waals surface area contributed by atoms with E-state index in [2.05, 4.69) is 37.8 Å². The molecule has 0 radical (unpaired) electrons. The summed E-state index contributed by atoms with van der Waals surface area (Å²) >= 11 is 0. The first kappa shape index (κ1) is 15.9. The Hall–Kier alpha value is -1.15. The molecular formula is C17H27NO. The van der Waals surface area contributed by atoms with Gasteiger partial charge in [0.2, 0.25) is 0 Å². The molecule has 0 spiro atoms. The van der Waals surface area contributed by atoms with E-state index in [4.69, 9.17) is 0 Å². The summed E-state index contributed by atoms with van der Waals surface area (Å²) in [5.41, 5.74) is 2.14. The number of nitrogens with zero attached hydrogens (tertiary/aromatic N) is 1. The largest absolute Gasteiger partial charge is 0.296 e. The highest BCUT2D eigenvalue weighted by Crippen LogP contribution is 2.10. The van der Waals surface area contributed by atoms with Crippen LogP contribution in [-0.2, 0) is 6.42 Å². The summed E-state index contributed by atoms with van der Waals surface area (Å²) in [5, 5.41) is 0. The highest BCUT2D eigenvalue weighted by Gasteiger charge is 2.15. The van der Waals surface area contributed by atoms with E-state index in [1.807, 2.05) is 19.2 Å². The molecule has 0 saturated carbocycles. The maximum absolute atomic E-state index is 12.2. The summed E-state index contributed by atoms with van der Waals surface area (Å²) in [4.78, 5) is 14.4. The molecule has 1 aromatic rings. The SMILES string of the molecule is CCCc1ccc(C(=O)CN(C)C(CC)CC)cc1. The first-order valence-electron chi connectivity index (χ1n) is 7.44. The van der Waals surface area contributed by atoms with Crippen molar-refractivity contribution in [3.63, 3.8) is 0 Å². The van der Waals surface area contributed by atoms with Crippen LogP contribution in [0.5, 0.6) is 0 Å². The molecule has 106 valence electrons. The van der Waals surface area contributed by atoms with Crippen LogP contribution in [0.3, 0.4) is 0 Å². The van der Waals surface area contributed by atoms with Gasteiger partial charge in [-0.2, -0.15) is 0 Å². The molecule has 2 nitrogen and oxygen atoms in total. The zero-order chi connectivity index (χ0) is 14.3. The van der Waals surface area contributed by atoms with E-state index >= 15 is 0 Å². The summed E-state index contributed by atoms with van der Waals surface area (Å²) in [5.74, 6) is 0.220. The molecule has 1 aromatic carbocycles. The Balaban J connectivity index is 2.62. The van der Waals surface area contributed by atoms with Gasteiger partial charge >= 0.3 is 0 Å². The number of likely N-dealkylation sites (N-methyl/N-ethyl adjacent to an activating group) is 1. The van der Waals surface area contributed by atoms with Gasteiger partial charge in [0.1, 0.15) is 0 Å². The minimum absolute atomic E-state index is 0.220. The molecule has 0 aliphatic rings. The Labute approximate surface area is 117 Å². The Morgan fingerprint density at radius 1 is 1.11 bits per heavy atom. The standard InChI is InChI=1S/C17H27NO/c1-5-8-14-9-11-15(12-10-14)17(19)13-18(4)16(6-2)7-3/h9-12,16H,5-8,13H2,1-4H3. The van der Waals surface area contributed by atoms with Crippen LogP contribution in [-0.4, -0.2) is 30.3 Å². The number of rotatable bonds is 8. The second-order valence-corrected chi connectivity index (χ2v) is 5.26. The Bertz CT molecular complexity index is 379. The summed E-state index contributed by atoms with van der Waals surface area (Å²) in [7, 11) is 2.04. The zero-order valence-corrected chi connectivity index (χ0v) is 12.8. The average molecular weight is 261 g/mol. The maximum Gasteiger partial charge on any atom is 0.176 e. The lowest BCUT2D eigenvalue weighted by Gasteiger charge is -2.25. The van der Waals surface area contributed by atoms with E-state index < -0.39 is 0 Å². The molecule has 0 N–H and O–H groups in total. The number of hydrogen-bond acceptors (Lipinski definition) is 2. The van der Waals surface area contributed by atoms with Crippen LogP contribution in [0.4, 0.5) is 0 Å².